The molecular weight excluding hydrogens is 274 g/mol. The van der Waals surface area contributed by atoms with E-state index in [-0.39, 0.29) is 23.7 Å². The molecule has 0 saturated carbocycles. The van der Waals surface area contributed by atoms with Crippen LogP contribution in [0.4, 0.5) is 16.2 Å². The van der Waals surface area contributed by atoms with Crippen LogP contribution in [0.1, 0.15) is 26.7 Å². The van der Waals surface area contributed by atoms with E-state index in [9.17, 15) is 14.9 Å². The van der Waals surface area contributed by atoms with Crippen LogP contribution in [-0.4, -0.2) is 29.2 Å². The van der Waals surface area contributed by atoms with Crippen molar-refractivity contribution < 1.29 is 14.8 Å². The van der Waals surface area contributed by atoms with Crippen LogP contribution >= 0.6 is 0 Å². The van der Waals surface area contributed by atoms with Crippen LogP contribution in [0, 0.1) is 15.5 Å². The van der Waals surface area contributed by atoms with Gasteiger partial charge in [-0.25, -0.2) is 4.79 Å². The van der Waals surface area contributed by atoms with Gasteiger partial charge < -0.3 is 15.7 Å². The Balaban J connectivity index is 2.45. The number of hydrogen-bond donors (Lipinski definition) is 3. The first-order valence-electron chi connectivity index (χ1n) is 6.74. The van der Waals surface area contributed by atoms with E-state index in [0.717, 1.165) is 6.42 Å². The van der Waals surface area contributed by atoms with Crippen LogP contribution < -0.4 is 10.6 Å². The molecule has 0 aliphatic carbocycles. The van der Waals surface area contributed by atoms with Crippen LogP contribution in [0.5, 0.6) is 0 Å². The molecule has 0 aliphatic heterocycles. The maximum atomic E-state index is 11.7. The van der Waals surface area contributed by atoms with Gasteiger partial charge in [0.1, 0.15) is 0 Å². The molecular formula is C14H21N3O4. The number of benzene rings is 1. The maximum absolute atomic E-state index is 11.7. The van der Waals surface area contributed by atoms with Crippen LogP contribution in [0.25, 0.3) is 0 Å². The van der Waals surface area contributed by atoms with Crippen molar-refractivity contribution in [2.45, 2.75) is 26.7 Å². The molecule has 2 amide bonds. The molecule has 21 heavy (non-hydrogen) atoms. The summed E-state index contributed by atoms with van der Waals surface area (Å²) in [5, 5.41) is 24.7. The van der Waals surface area contributed by atoms with Gasteiger partial charge in [0, 0.05) is 31.0 Å². The van der Waals surface area contributed by atoms with E-state index < -0.39 is 4.92 Å². The molecule has 0 bridgehead atoms. The van der Waals surface area contributed by atoms with Crippen LogP contribution in [-0.2, 0) is 0 Å². The quantitative estimate of drug-likeness (QED) is 0.531. The molecule has 116 valence electrons. The number of carbonyl (C=O) groups excluding carboxylic acids is 1. The van der Waals surface area contributed by atoms with Crippen LogP contribution in [0.2, 0.25) is 0 Å². The Morgan fingerprint density at radius 1 is 1.33 bits per heavy atom. The number of rotatable bonds is 7. The fourth-order valence-electron chi connectivity index (χ4n) is 1.81. The van der Waals surface area contributed by atoms with Gasteiger partial charge in [-0.3, -0.25) is 10.1 Å². The van der Waals surface area contributed by atoms with E-state index >= 15 is 0 Å². The summed E-state index contributed by atoms with van der Waals surface area (Å²) in [7, 11) is 0. The number of nitro benzene ring substituents is 1. The zero-order valence-corrected chi connectivity index (χ0v) is 12.3. The summed E-state index contributed by atoms with van der Waals surface area (Å²) in [6.45, 7) is 4.63. The Labute approximate surface area is 123 Å². The van der Waals surface area contributed by atoms with Crippen molar-refractivity contribution in [1.82, 2.24) is 5.32 Å². The SMILES string of the molecule is CC(C)(CCCO)CNC(=O)Nc1ccc([N+](=O)[O-])cc1. The van der Waals surface area contributed by atoms with Gasteiger partial charge in [-0.15, -0.1) is 0 Å². The highest BCUT2D eigenvalue weighted by atomic mass is 16.6. The van der Waals surface area contributed by atoms with Gasteiger partial charge in [0.25, 0.3) is 5.69 Å². The molecule has 0 unspecified atom stereocenters. The zero-order chi connectivity index (χ0) is 15.9. The number of aliphatic hydroxyl groups excluding tert-OH is 1. The van der Waals surface area contributed by atoms with Crippen molar-refractivity contribution in [1.29, 1.82) is 0 Å². The summed E-state index contributed by atoms with van der Waals surface area (Å²) < 4.78 is 0. The van der Waals surface area contributed by atoms with E-state index in [0.29, 0.717) is 18.7 Å². The number of amides is 2. The molecule has 7 heteroatoms. The number of anilines is 1. The molecule has 0 radical (unpaired) electrons. The second kappa shape index (κ2) is 7.58. The number of carbonyl (C=O) groups is 1. The average molecular weight is 295 g/mol. The summed E-state index contributed by atoms with van der Waals surface area (Å²) in [6.07, 6.45) is 1.50. The van der Waals surface area contributed by atoms with E-state index in [4.69, 9.17) is 5.11 Å². The highest BCUT2D eigenvalue weighted by Crippen LogP contribution is 2.21. The van der Waals surface area contributed by atoms with E-state index in [1.54, 1.807) is 0 Å². The molecule has 3 N–H and O–H groups in total. The monoisotopic (exact) mass is 295 g/mol. The second-order valence-corrected chi connectivity index (χ2v) is 5.60. The molecule has 1 rings (SSSR count). The predicted octanol–water partition coefficient (Wildman–Crippen LogP) is 2.52. The second-order valence-electron chi connectivity index (χ2n) is 5.60. The van der Waals surface area contributed by atoms with Gasteiger partial charge in [0.2, 0.25) is 0 Å². The van der Waals surface area contributed by atoms with Gasteiger partial charge >= 0.3 is 6.03 Å². The summed E-state index contributed by atoms with van der Waals surface area (Å²) >= 11 is 0. The predicted molar refractivity (Wildman–Crippen MR) is 80.2 cm³/mol. The van der Waals surface area contributed by atoms with E-state index in [1.807, 2.05) is 13.8 Å². The third-order valence-corrected chi connectivity index (χ3v) is 3.08. The number of hydrogen-bond acceptors (Lipinski definition) is 4. The number of nitro groups is 1. The Morgan fingerprint density at radius 3 is 2.48 bits per heavy atom. The first-order valence-corrected chi connectivity index (χ1v) is 6.74. The number of nitrogens with one attached hydrogen (secondary N) is 2. The fourth-order valence-corrected chi connectivity index (χ4v) is 1.81. The van der Waals surface area contributed by atoms with Gasteiger partial charge in [-0.05, 0) is 30.4 Å². The Hall–Kier alpha value is -2.15. The normalized spacial score (nSPS) is 11.0. The smallest absolute Gasteiger partial charge is 0.319 e. The zero-order valence-electron chi connectivity index (χ0n) is 12.3. The summed E-state index contributed by atoms with van der Waals surface area (Å²) in [4.78, 5) is 21.8. The summed E-state index contributed by atoms with van der Waals surface area (Å²) in [6, 6.07) is 5.27. The standard InChI is InChI=1S/C14H21N3O4/c1-14(2,8-3-9-18)10-15-13(19)16-11-4-6-12(7-5-11)17(20)21/h4-7,18H,3,8-10H2,1-2H3,(H2,15,16,19). The van der Waals surface area contributed by atoms with Crippen molar-refractivity contribution in [2.24, 2.45) is 5.41 Å². The maximum Gasteiger partial charge on any atom is 0.319 e. The lowest BCUT2D eigenvalue weighted by molar-refractivity contribution is -0.384. The number of nitrogens with zero attached hydrogens (tertiary/aromatic N) is 1. The summed E-state index contributed by atoms with van der Waals surface area (Å²) in [5.41, 5.74) is 0.368. The van der Waals surface area contributed by atoms with E-state index in [1.165, 1.54) is 24.3 Å². The van der Waals surface area contributed by atoms with Gasteiger partial charge in [0.05, 0.1) is 4.92 Å². The van der Waals surface area contributed by atoms with Crippen molar-refractivity contribution >= 4 is 17.4 Å². The number of non-ortho nitro benzene ring substituents is 1. The lowest BCUT2D eigenvalue weighted by atomic mass is 9.88. The highest BCUT2D eigenvalue weighted by molar-refractivity contribution is 5.89. The number of urea groups is 1. The lowest BCUT2D eigenvalue weighted by Crippen LogP contribution is -2.36. The van der Waals surface area contributed by atoms with Crippen molar-refractivity contribution in [3.63, 3.8) is 0 Å². The summed E-state index contributed by atoms with van der Waals surface area (Å²) in [5.74, 6) is 0. The van der Waals surface area contributed by atoms with Gasteiger partial charge in [-0.2, -0.15) is 0 Å². The highest BCUT2D eigenvalue weighted by Gasteiger charge is 2.18. The fraction of sp³-hybridized carbons (Fsp3) is 0.500. The molecule has 0 saturated heterocycles. The third-order valence-electron chi connectivity index (χ3n) is 3.08. The molecule has 7 nitrogen and oxygen atoms in total. The third kappa shape index (κ3) is 6.22. The number of aliphatic hydroxyl groups is 1. The minimum atomic E-state index is -0.493. The molecule has 0 heterocycles. The van der Waals surface area contributed by atoms with E-state index in [2.05, 4.69) is 10.6 Å². The van der Waals surface area contributed by atoms with Crippen LogP contribution in [0.15, 0.2) is 24.3 Å². The molecule has 0 atom stereocenters. The largest absolute Gasteiger partial charge is 0.396 e. The molecule has 1 aromatic carbocycles. The Kier molecular flexibility index (Phi) is 6.10. The molecule has 0 aromatic heterocycles. The van der Waals surface area contributed by atoms with Gasteiger partial charge in [0.15, 0.2) is 0 Å². The molecule has 0 spiro atoms. The molecule has 1 aromatic rings. The first-order chi connectivity index (χ1) is 9.84. The van der Waals surface area contributed by atoms with Crippen molar-refractivity contribution in [3.8, 4) is 0 Å². The van der Waals surface area contributed by atoms with Crippen molar-refractivity contribution in [2.75, 3.05) is 18.5 Å². The van der Waals surface area contributed by atoms with Crippen molar-refractivity contribution in [3.05, 3.63) is 34.4 Å². The minimum absolute atomic E-state index is 0.0221. The lowest BCUT2D eigenvalue weighted by Gasteiger charge is -2.24. The molecule has 0 aliphatic rings. The average Bonchev–Trinajstić information content (AvgIpc) is 2.44. The van der Waals surface area contributed by atoms with Crippen LogP contribution in [0.3, 0.4) is 0 Å². The first kappa shape index (κ1) is 16.9. The van der Waals surface area contributed by atoms with Gasteiger partial charge in [-0.1, -0.05) is 13.8 Å². The topological polar surface area (TPSA) is 104 Å². The molecule has 0 fully saturated rings. The Morgan fingerprint density at radius 2 is 1.95 bits per heavy atom. The minimum Gasteiger partial charge on any atom is -0.396 e. The Bertz CT molecular complexity index is 485.